The molecule has 3 rings (SSSR count). The molecule has 1 saturated carbocycles. The standard InChI is InChI=1S/C17H22N2O/c1-11-6-4-5-7-16(11)14-8-15(9-14)18-10-17-12(2)19-20-13(17)3/h4-7,14-15,18H,8-10H2,1-3H3. The van der Waals surface area contributed by atoms with Crippen LogP contribution in [-0.2, 0) is 6.54 Å². The number of nitrogens with zero attached hydrogens (tertiary/aromatic N) is 1. The highest BCUT2D eigenvalue weighted by Gasteiger charge is 2.30. The fraction of sp³-hybridized carbons (Fsp3) is 0.471. The molecule has 3 nitrogen and oxygen atoms in total. The van der Waals surface area contributed by atoms with Crippen molar-refractivity contribution in [1.29, 1.82) is 0 Å². The Balaban J connectivity index is 1.53. The number of aryl methyl sites for hydroxylation is 3. The van der Waals surface area contributed by atoms with Crippen molar-refractivity contribution in [3.8, 4) is 0 Å². The van der Waals surface area contributed by atoms with Crippen molar-refractivity contribution in [2.45, 2.75) is 52.1 Å². The highest BCUT2D eigenvalue weighted by atomic mass is 16.5. The van der Waals surface area contributed by atoms with Crippen molar-refractivity contribution in [2.24, 2.45) is 0 Å². The maximum Gasteiger partial charge on any atom is 0.138 e. The zero-order chi connectivity index (χ0) is 14.1. The molecular weight excluding hydrogens is 248 g/mol. The van der Waals surface area contributed by atoms with Crippen molar-refractivity contribution in [1.82, 2.24) is 10.5 Å². The molecule has 0 amide bonds. The van der Waals surface area contributed by atoms with E-state index in [0.29, 0.717) is 6.04 Å². The quantitative estimate of drug-likeness (QED) is 0.921. The second kappa shape index (κ2) is 5.41. The Morgan fingerprint density at radius 1 is 1.20 bits per heavy atom. The number of benzene rings is 1. The highest BCUT2D eigenvalue weighted by molar-refractivity contribution is 5.31. The zero-order valence-corrected chi connectivity index (χ0v) is 12.4. The van der Waals surface area contributed by atoms with Crippen LogP contribution in [0.5, 0.6) is 0 Å². The van der Waals surface area contributed by atoms with Crippen LogP contribution in [0.25, 0.3) is 0 Å². The molecule has 1 heterocycles. The van der Waals surface area contributed by atoms with Crippen LogP contribution in [0, 0.1) is 20.8 Å². The molecule has 1 fully saturated rings. The second-order valence-corrected chi connectivity index (χ2v) is 5.91. The second-order valence-electron chi connectivity index (χ2n) is 5.91. The lowest BCUT2D eigenvalue weighted by Gasteiger charge is -2.37. The molecule has 2 aromatic rings. The van der Waals surface area contributed by atoms with Gasteiger partial charge in [-0.15, -0.1) is 0 Å². The highest BCUT2D eigenvalue weighted by Crippen LogP contribution is 2.38. The van der Waals surface area contributed by atoms with Gasteiger partial charge in [0.05, 0.1) is 5.69 Å². The van der Waals surface area contributed by atoms with Crippen molar-refractivity contribution in [2.75, 3.05) is 0 Å². The van der Waals surface area contributed by atoms with Crippen LogP contribution in [-0.4, -0.2) is 11.2 Å². The summed E-state index contributed by atoms with van der Waals surface area (Å²) in [7, 11) is 0. The summed E-state index contributed by atoms with van der Waals surface area (Å²) in [5.41, 5.74) is 5.15. The maximum absolute atomic E-state index is 5.20. The third-order valence-electron chi connectivity index (χ3n) is 4.52. The van der Waals surface area contributed by atoms with Gasteiger partial charge in [-0.25, -0.2) is 0 Å². The van der Waals surface area contributed by atoms with Gasteiger partial charge >= 0.3 is 0 Å². The van der Waals surface area contributed by atoms with E-state index in [9.17, 15) is 0 Å². The third kappa shape index (κ3) is 2.50. The molecule has 1 aromatic carbocycles. The minimum absolute atomic E-state index is 0.619. The van der Waals surface area contributed by atoms with Gasteiger partial charge in [0.15, 0.2) is 0 Å². The van der Waals surface area contributed by atoms with Gasteiger partial charge in [-0.3, -0.25) is 0 Å². The number of hydrogen-bond donors (Lipinski definition) is 1. The molecule has 1 aromatic heterocycles. The number of aromatic nitrogens is 1. The van der Waals surface area contributed by atoms with Gasteiger partial charge in [0.1, 0.15) is 5.76 Å². The fourth-order valence-corrected chi connectivity index (χ4v) is 3.08. The summed E-state index contributed by atoms with van der Waals surface area (Å²) in [6, 6.07) is 9.36. The van der Waals surface area contributed by atoms with Crippen LogP contribution < -0.4 is 5.32 Å². The van der Waals surface area contributed by atoms with E-state index in [-0.39, 0.29) is 0 Å². The van der Waals surface area contributed by atoms with E-state index < -0.39 is 0 Å². The monoisotopic (exact) mass is 270 g/mol. The molecule has 1 aliphatic rings. The van der Waals surface area contributed by atoms with Gasteiger partial charge in [-0.1, -0.05) is 29.4 Å². The van der Waals surface area contributed by atoms with Crippen LogP contribution in [0.1, 0.15) is 46.9 Å². The summed E-state index contributed by atoms with van der Waals surface area (Å²) in [5.74, 6) is 1.66. The summed E-state index contributed by atoms with van der Waals surface area (Å²) in [5, 5.41) is 7.62. The predicted molar refractivity (Wildman–Crippen MR) is 79.8 cm³/mol. The molecule has 0 spiro atoms. The lowest BCUT2D eigenvalue weighted by atomic mass is 9.74. The van der Waals surface area contributed by atoms with Crippen molar-refractivity contribution in [3.63, 3.8) is 0 Å². The van der Waals surface area contributed by atoms with E-state index in [0.717, 1.165) is 23.9 Å². The summed E-state index contributed by atoms with van der Waals surface area (Å²) >= 11 is 0. The average Bonchev–Trinajstić information content (AvgIpc) is 2.70. The summed E-state index contributed by atoms with van der Waals surface area (Å²) < 4.78 is 5.20. The van der Waals surface area contributed by atoms with Crippen LogP contribution >= 0.6 is 0 Å². The lowest BCUT2D eigenvalue weighted by molar-refractivity contribution is 0.288. The smallest absolute Gasteiger partial charge is 0.138 e. The molecular formula is C17H22N2O. The van der Waals surface area contributed by atoms with E-state index >= 15 is 0 Å². The molecule has 20 heavy (non-hydrogen) atoms. The average molecular weight is 270 g/mol. The van der Waals surface area contributed by atoms with Gasteiger partial charge in [0, 0.05) is 18.2 Å². The molecule has 1 aliphatic carbocycles. The Kier molecular flexibility index (Phi) is 3.62. The van der Waals surface area contributed by atoms with Crippen LogP contribution in [0.3, 0.4) is 0 Å². The van der Waals surface area contributed by atoms with Crippen LogP contribution in [0.2, 0.25) is 0 Å². The topological polar surface area (TPSA) is 38.1 Å². The summed E-state index contributed by atoms with van der Waals surface area (Å²) in [6.07, 6.45) is 2.46. The number of nitrogens with one attached hydrogen (secondary N) is 1. The zero-order valence-electron chi connectivity index (χ0n) is 12.4. The van der Waals surface area contributed by atoms with Crippen molar-refractivity contribution >= 4 is 0 Å². The normalized spacial score (nSPS) is 21.8. The van der Waals surface area contributed by atoms with Crippen molar-refractivity contribution in [3.05, 3.63) is 52.4 Å². The van der Waals surface area contributed by atoms with Gasteiger partial charge in [0.2, 0.25) is 0 Å². The Morgan fingerprint density at radius 2 is 1.95 bits per heavy atom. The molecule has 1 N–H and O–H groups in total. The molecule has 3 heteroatoms. The first kappa shape index (κ1) is 13.4. The SMILES string of the molecule is Cc1ccccc1C1CC(NCc2c(C)noc2C)C1. The molecule has 0 unspecified atom stereocenters. The third-order valence-corrected chi connectivity index (χ3v) is 4.52. The maximum atomic E-state index is 5.20. The summed E-state index contributed by atoms with van der Waals surface area (Å²) in [4.78, 5) is 0. The molecule has 0 atom stereocenters. The Hall–Kier alpha value is -1.61. The lowest BCUT2D eigenvalue weighted by Crippen LogP contribution is -2.40. The number of hydrogen-bond acceptors (Lipinski definition) is 3. The molecule has 0 bridgehead atoms. The molecule has 0 radical (unpaired) electrons. The van der Waals surface area contributed by atoms with E-state index in [4.69, 9.17) is 4.52 Å². The number of rotatable bonds is 4. The van der Waals surface area contributed by atoms with E-state index in [1.54, 1.807) is 0 Å². The fourth-order valence-electron chi connectivity index (χ4n) is 3.08. The molecule has 106 valence electrons. The Labute approximate surface area is 120 Å². The van der Waals surface area contributed by atoms with Crippen LogP contribution in [0.15, 0.2) is 28.8 Å². The Morgan fingerprint density at radius 3 is 2.60 bits per heavy atom. The minimum Gasteiger partial charge on any atom is -0.361 e. The largest absolute Gasteiger partial charge is 0.361 e. The van der Waals surface area contributed by atoms with Crippen LogP contribution in [0.4, 0.5) is 0 Å². The van der Waals surface area contributed by atoms with Gasteiger partial charge in [-0.05, 0) is 50.7 Å². The summed E-state index contributed by atoms with van der Waals surface area (Å²) in [6.45, 7) is 7.06. The van der Waals surface area contributed by atoms with Gasteiger partial charge < -0.3 is 9.84 Å². The molecule has 0 aliphatic heterocycles. The Bertz CT molecular complexity index is 577. The minimum atomic E-state index is 0.619. The van der Waals surface area contributed by atoms with Gasteiger partial charge in [-0.2, -0.15) is 0 Å². The predicted octanol–water partition coefficient (Wildman–Crippen LogP) is 3.64. The first-order valence-corrected chi connectivity index (χ1v) is 7.36. The molecule has 0 saturated heterocycles. The van der Waals surface area contributed by atoms with E-state index in [1.807, 2.05) is 13.8 Å². The van der Waals surface area contributed by atoms with Gasteiger partial charge in [0.25, 0.3) is 0 Å². The van der Waals surface area contributed by atoms with E-state index in [2.05, 4.69) is 41.7 Å². The van der Waals surface area contributed by atoms with E-state index in [1.165, 1.54) is 29.5 Å². The first-order valence-electron chi connectivity index (χ1n) is 7.36. The first-order chi connectivity index (χ1) is 9.65. The van der Waals surface area contributed by atoms with Crippen molar-refractivity contribution < 1.29 is 4.52 Å².